The van der Waals surface area contributed by atoms with Crippen molar-refractivity contribution in [3.05, 3.63) is 0 Å². The van der Waals surface area contributed by atoms with Gasteiger partial charge in [0.1, 0.15) is 0 Å². The van der Waals surface area contributed by atoms with Crippen molar-refractivity contribution in [2.45, 2.75) is 19.3 Å². The van der Waals surface area contributed by atoms with Gasteiger partial charge < -0.3 is 4.74 Å². The molecule has 0 aromatic rings. The molecule has 0 saturated carbocycles. The van der Waals surface area contributed by atoms with Gasteiger partial charge in [0.15, 0.2) is 0 Å². The number of hydrogen-bond donors (Lipinski definition) is 0. The molecule has 0 N–H and O–H groups in total. The van der Waals surface area contributed by atoms with E-state index in [0.29, 0.717) is 5.41 Å². The monoisotopic (exact) mass is 284 g/mol. The number of halogens is 2. The summed E-state index contributed by atoms with van der Waals surface area (Å²) >= 11 is 6.99. The first-order valence-corrected chi connectivity index (χ1v) is 6.27. The molecule has 0 bridgehead atoms. The Hall–Kier alpha value is 0.920. The van der Waals surface area contributed by atoms with E-state index in [1.165, 1.54) is 19.3 Å². The Morgan fingerprint density at radius 2 is 1.82 bits per heavy atom. The van der Waals surface area contributed by atoms with E-state index in [-0.39, 0.29) is 0 Å². The van der Waals surface area contributed by atoms with Crippen molar-refractivity contribution >= 4 is 31.9 Å². The molecule has 0 radical (unpaired) electrons. The fourth-order valence-corrected chi connectivity index (χ4v) is 3.25. The molecule has 0 aliphatic carbocycles. The summed E-state index contributed by atoms with van der Waals surface area (Å²) in [4.78, 5) is 0. The van der Waals surface area contributed by atoms with Crippen LogP contribution in [0.2, 0.25) is 0 Å². The van der Waals surface area contributed by atoms with E-state index in [1.54, 1.807) is 0 Å². The van der Waals surface area contributed by atoms with Gasteiger partial charge in [-0.3, -0.25) is 0 Å². The van der Waals surface area contributed by atoms with Crippen LogP contribution in [0.1, 0.15) is 19.3 Å². The molecule has 1 heterocycles. The number of rotatable bonds is 4. The van der Waals surface area contributed by atoms with Gasteiger partial charge in [-0.15, -0.1) is 0 Å². The van der Waals surface area contributed by atoms with Crippen LogP contribution in [0, 0.1) is 5.41 Å². The van der Waals surface area contributed by atoms with Crippen molar-refractivity contribution in [2.75, 3.05) is 23.9 Å². The highest BCUT2D eigenvalue weighted by atomic mass is 79.9. The first kappa shape index (κ1) is 10.0. The summed E-state index contributed by atoms with van der Waals surface area (Å²) in [5, 5.41) is 2.20. The highest BCUT2D eigenvalue weighted by Crippen LogP contribution is 2.36. The van der Waals surface area contributed by atoms with Gasteiger partial charge in [-0.25, -0.2) is 0 Å². The second-order valence-electron chi connectivity index (χ2n) is 3.18. The van der Waals surface area contributed by atoms with Crippen molar-refractivity contribution < 1.29 is 4.74 Å². The maximum atomic E-state index is 5.42. The Morgan fingerprint density at radius 3 is 2.18 bits per heavy atom. The fraction of sp³-hybridized carbons (Fsp3) is 1.00. The van der Waals surface area contributed by atoms with Gasteiger partial charge in [0.05, 0.1) is 6.61 Å². The molecule has 1 saturated heterocycles. The van der Waals surface area contributed by atoms with E-state index in [4.69, 9.17) is 4.74 Å². The van der Waals surface area contributed by atoms with Gasteiger partial charge in [-0.2, -0.15) is 0 Å². The first-order chi connectivity index (χ1) is 5.33. The van der Waals surface area contributed by atoms with Crippen LogP contribution in [0.25, 0.3) is 0 Å². The Balaban J connectivity index is 2.40. The molecule has 0 aromatic heterocycles. The molecule has 1 rings (SSSR count). The molecule has 3 heteroatoms. The van der Waals surface area contributed by atoms with Crippen LogP contribution in [0.3, 0.4) is 0 Å². The highest BCUT2D eigenvalue weighted by molar-refractivity contribution is 9.09. The molecule has 0 atom stereocenters. The minimum atomic E-state index is 0.479. The average molecular weight is 286 g/mol. The predicted molar refractivity (Wildman–Crippen MR) is 54.7 cm³/mol. The Bertz CT molecular complexity index is 103. The lowest BCUT2D eigenvalue weighted by Gasteiger charge is -2.25. The lowest BCUT2D eigenvalue weighted by molar-refractivity contribution is 0.148. The molecular weight excluding hydrogens is 272 g/mol. The third-order valence-corrected chi connectivity index (χ3v) is 3.23. The summed E-state index contributed by atoms with van der Waals surface area (Å²) in [7, 11) is 0. The maximum absolute atomic E-state index is 5.42. The molecule has 0 aromatic carbocycles. The minimum absolute atomic E-state index is 0.479. The summed E-state index contributed by atoms with van der Waals surface area (Å²) in [5.41, 5.74) is 0.479. The molecule has 0 spiro atoms. The molecule has 11 heavy (non-hydrogen) atoms. The van der Waals surface area contributed by atoms with E-state index >= 15 is 0 Å². The van der Waals surface area contributed by atoms with Crippen LogP contribution in [0.15, 0.2) is 0 Å². The topological polar surface area (TPSA) is 9.23 Å². The molecule has 1 fully saturated rings. The Morgan fingerprint density at radius 1 is 1.18 bits per heavy atom. The van der Waals surface area contributed by atoms with Crippen LogP contribution >= 0.6 is 31.9 Å². The van der Waals surface area contributed by atoms with Crippen LogP contribution in [0.4, 0.5) is 0 Å². The third-order valence-electron chi connectivity index (χ3n) is 2.43. The van der Waals surface area contributed by atoms with Crippen LogP contribution in [0.5, 0.6) is 0 Å². The fourth-order valence-electron chi connectivity index (χ4n) is 1.57. The quantitative estimate of drug-likeness (QED) is 0.722. The molecular formula is C8H14Br2O. The number of hydrogen-bond acceptors (Lipinski definition) is 1. The van der Waals surface area contributed by atoms with Crippen LogP contribution < -0.4 is 0 Å². The second kappa shape index (κ2) is 4.83. The summed E-state index contributed by atoms with van der Waals surface area (Å²) in [6.45, 7) is 1.92. The lowest BCUT2D eigenvalue weighted by atomic mass is 9.82. The highest BCUT2D eigenvalue weighted by Gasteiger charge is 2.33. The van der Waals surface area contributed by atoms with Gasteiger partial charge >= 0.3 is 0 Å². The average Bonchev–Trinajstić information content (AvgIpc) is 2.39. The maximum Gasteiger partial charge on any atom is 0.0523 e. The third kappa shape index (κ3) is 2.71. The van der Waals surface area contributed by atoms with E-state index in [2.05, 4.69) is 31.9 Å². The van der Waals surface area contributed by atoms with Gasteiger partial charge in [0.25, 0.3) is 0 Å². The van der Waals surface area contributed by atoms with Gasteiger partial charge in [-0.05, 0) is 24.7 Å². The molecule has 0 amide bonds. The molecule has 1 aliphatic rings. The second-order valence-corrected chi connectivity index (χ2v) is 4.77. The summed E-state index contributed by atoms with van der Waals surface area (Å²) in [6.07, 6.45) is 3.74. The van der Waals surface area contributed by atoms with E-state index in [0.717, 1.165) is 23.9 Å². The lowest BCUT2D eigenvalue weighted by Crippen LogP contribution is -2.22. The summed E-state index contributed by atoms with van der Waals surface area (Å²) in [5.74, 6) is 0. The number of ether oxygens (including phenoxy) is 1. The normalized spacial score (nSPS) is 22.4. The summed E-state index contributed by atoms with van der Waals surface area (Å²) < 4.78 is 5.42. The Kier molecular flexibility index (Phi) is 4.39. The zero-order valence-electron chi connectivity index (χ0n) is 6.61. The molecule has 1 aliphatic heterocycles. The first-order valence-electron chi connectivity index (χ1n) is 4.03. The van der Waals surface area contributed by atoms with Gasteiger partial charge in [0, 0.05) is 17.3 Å². The summed E-state index contributed by atoms with van der Waals surface area (Å²) in [6, 6.07) is 0. The van der Waals surface area contributed by atoms with E-state index < -0.39 is 0 Å². The predicted octanol–water partition coefficient (Wildman–Crippen LogP) is 2.96. The van der Waals surface area contributed by atoms with Crippen LogP contribution in [-0.2, 0) is 4.74 Å². The minimum Gasteiger partial charge on any atom is -0.381 e. The molecule has 0 unspecified atom stereocenters. The van der Waals surface area contributed by atoms with Crippen LogP contribution in [-0.4, -0.2) is 23.9 Å². The van der Waals surface area contributed by atoms with Crippen molar-refractivity contribution in [3.63, 3.8) is 0 Å². The number of alkyl halides is 2. The Labute approximate surface area is 85.1 Å². The SMILES string of the molecule is BrCCC1(CCBr)CCOC1. The van der Waals surface area contributed by atoms with Crippen molar-refractivity contribution in [1.82, 2.24) is 0 Å². The van der Waals surface area contributed by atoms with E-state index in [9.17, 15) is 0 Å². The van der Waals surface area contributed by atoms with E-state index in [1.807, 2.05) is 0 Å². The smallest absolute Gasteiger partial charge is 0.0523 e. The van der Waals surface area contributed by atoms with Gasteiger partial charge in [-0.1, -0.05) is 31.9 Å². The zero-order valence-corrected chi connectivity index (χ0v) is 9.79. The standard InChI is InChI=1S/C8H14Br2O/c9-4-1-8(2-5-10)3-6-11-7-8/h1-7H2. The van der Waals surface area contributed by atoms with Crippen molar-refractivity contribution in [3.8, 4) is 0 Å². The van der Waals surface area contributed by atoms with Gasteiger partial charge in [0.2, 0.25) is 0 Å². The zero-order chi connectivity index (χ0) is 8.16. The molecule has 1 nitrogen and oxygen atoms in total. The van der Waals surface area contributed by atoms with Crippen molar-refractivity contribution in [1.29, 1.82) is 0 Å². The molecule has 66 valence electrons. The van der Waals surface area contributed by atoms with Crippen molar-refractivity contribution in [2.24, 2.45) is 5.41 Å². The largest absolute Gasteiger partial charge is 0.381 e.